The smallest absolute Gasteiger partial charge is 0.328 e. The number of urea groups is 1. The summed E-state index contributed by atoms with van der Waals surface area (Å²) in [5, 5.41) is 5.77. The Morgan fingerprint density at radius 2 is 1.73 bits per heavy atom. The van der Waals surface area contributed by atoms with Crippen LogP contribution in [0.15, 0.2) is 16.9 Å². The predicted octanol–water partition coefficient (Wildman–Crippen LogP) is 2.19. The van der Waals surface area contributed by atoms with Crippen LogP contribution in [0.4, 0.5) is 16.2 Å². The minimum atomic E-state index is -0.298. The molecule has 9 heteroatoms. The summed E-state index contributed by atoms with van der Waals surface area (Å²) in [5.41, 5.74) is 2.88. The molecule has 2 aromatic rings. The average Bonchev–Trinajstić information content (AvgIpc) is 2.91. The van der Waals surface area contributed by atoms with Crippen molar-refractivity contribution in [3.8, 4) is 0 Å². The molecule has 0 radical (unpaired) electrons. The van der Waals surface area contributed by atoms with Gasteiger partial charge in [-0.3, -0.25) is 13.9 Å². The quantitative estimate of drug-likeness (QED) is 0.727. The van der Waals surface area contributed by atoms with Crippen molar-refractivity contribution in [2.24, 2.45) is 20.0 Å². The molecule has 0 aliphatic carbocycles. The number of esters is 1. The Labute approximate surface area is 176 Å². The number of hydrogen-bond donors (Lipinski definition) is 2. The number of nitrogens with one attached hydrogen (secondary N) is 2. The van der Waals surface area contributed by atoms with Gasteiger partial charge < -0.3 is 20.3 Å². The van der Waals surface area contributed by atoms with Gasteiger partial charge in [-0.1, -0.05) is 0 Å². The lowest BCUT2D eigenvalue weighted by Crippen LogP contribution is -2.38. The number of fused-ring (bicyclic) bond motifs is 1. The van der Waals surface area contributed by atoms with Gasteiger partial charge in [0.15, 0.2) is 0 Å². The number of carbonyl (C=O) groups is 2. The molecule has 1 saturated heterocycles. The molecule has 2 heterocycles. The van der Waals surface area contributed by atoms with Crippen LogP contribution >= 0.6 is 0 Å². The van der Waals surface area contributed by atoms with Crippen LogP contribution in [0.25, 0.3) is 11.0 Å². The van der Waals surface area contributed by atoms with Gasteiger partial charge in [-0.2, -0.15) is 0 Å². The highest BCUT2D eigenvalue weighted by atomic mass is 16.5. The summed E-state index contributed by atoms with van der Waals surface area (Å²) in [6.07, 6.45) is 1.37. The second kappa shape index (κ2) is 8.81. The van der Waals surface area contributed by atoms with Crippen molar-refractivity contribution in [2.75, 3.05) is 29.9 Å². The van der Waals surface area contributed by atoms with Gasteiger partial charge in [0.25, 0.3) is 0 Å². The topological polar surface area (TPSA) is 97.6 Å². The highest BCUT2D eigenvalue weighted by molar-refractivity contribution is 5.98. The van der Waals surface area contributed by atoms with Crippen LogP contribution in [-0.4, -0.2) is 46.9 Å². The van der Waals surface area contributed by atoms with Crippen LogP contribution in [0.2, 0.25) is 0 Å². The molecule has 0 unspecified atom stereocenters. The Morgan fingerprint density at radius 1 is 1.13 bits per heavy atom. The lowest BCUT2D eigenvalue weighted by molar-refractivity contribution is -0.148. The van der Waals surface area contributed by atoms with Crippen LogP contribution in [-0.2, 0) is 23.6 Å². The first-order valence-corrected chi connectivity index (χ1v) is 10.4. The molecular formula is C21H31N5O4. The standard InChI is InChI=1S/C21H31N5O4/c1-6-30-19(27)14-7-9-26(10-8-14)16-12-18-17(24(4)21(29)25(18)5)11-15(16)23-20(28)22-13(2)3/h11-14H,6-10H2,1-5H3,(H2,22,23,28). The molecule has 30 heavy (non-hydrogen) atoms. The Hall–Kier alpha value is -2.97. The van der Waals surface area contributed by atoms with E-state index in [2.05, 4.69) is 15.5 Å². The van der Waals surface area contributed by atoms with Gasteiger partial charge in [0, 0.05) is 33.2 Å². The minimum absolute atomic E-state index is 0.00131. The largest absolute Gasteiger partial charge is 0.466 e. The van der Waals surface area contributed by atoms with Gasteiger partial charge in [-0.25, -0.2) is 9.59 Å². The molecule has 9 nitrogen and oxygen atoms in total. The summed E-state index contributed by atoms with van der Waals surface area (Å²) in [6, 6.07) is 3.47. The Balaban J connectivity index is 1.94. The second-order valence-corrected chi connectivity index (χ2v) is 8.03. The van der Waals surface area contributed by atoms with E-state index in [4.69, 9.17) is 4.74 Å². The third kappa shape index (κ3) is 4.29. The van der Waals surface area contributed by atoms with Gasteiger partial charge in [-0.15, -0.1) is 0 Å². The molecule has 1 fully saturated rings. The Kier molecular flexibility index (Phi) is 6.38. The van der Waals surface area contributed by atoms with Crippen LogP contribution in [0.3, 0.4) is 0 Å². The SMILES string of the molecule is CCOC(=O)C1CCN(c2cc3c(cc2NC(=O)NC(C)C)n(C)c(=O)n3C)CC1. The highest BCUT2D eigenvalue weighted by Crippen LogP contribution is 2.34. The van der Waals surface area contributed by atoms with Crippen molar-refractivity contribution in [3.05, 3.63) is 22.6 Å². The van der Waals surface area contributed by atoms with Crippen LogP contribution < -0.4 is 21.2 Å². The number of benzene rings is 1. The monoisotopic (exact) mass is 417 g/mol. The normalized spacial score (nSPS) is 14.9. The van der Waals surface area contributed by atoms with Crippen molar-refractivity contribution < 1.29 is 14.3 Å². The lowest BCUT2D eigenvalue weighted by Gasteiger charge is -2.34. The van der Waals surface area contributed by atoms with Crippen molar-refractivity contribution in [1.29, 1.82) is 0 Å². The van der Waals surface area contributed by atoms with Crippen molar-refractivity contribution >= 4 is 34.4 Å². The molecule has 0 saturated carbocycles. The highest BCUT2D eigenvalue weighted by Gasteiger charge is 2.28. The molecule has 1 aromatic heterocycles. The van der Waals surface area contributed by atoms with Crippen molar-refractivity contribution in [3.63, 3.8) is 0 Å². The maximum atomic E-state index is 12.4. The number of imidazole rings is 1. The van der Waals surface area contributed by atoms with Gasteiger partial charge in [0.2, 0.25) is 0 Å². The van der Waals surface area contributed by atoms with E-state index in [0.717, 1.165) is 16.7 Å². The number of hydrogen-bond acceptors (Lipinski definition) is 5. The number of piperidine rings is 1. The first-order chi connectivity index (χ1) is 14.2. The minimum Gasteiger partial charge on any atom is -0.466 e. The number of ether oxygens (including phenoxy) is 1. The van der Waals surface area contributed by atoms with Crippen LogP contribution in [0, 0.1) is 5.92 Å². The molecule has 3 rings (SSSR count). The van der Waals surface area contributed by atoms with Gasteiger partial charge in [0.1, 0.15) is 0 Å². The fourth-order valence-electron chi connectivity index (χ4n) is 3.93. The van der Waals surface area contributed by atoms with E-state index in [0.29, 0.717) is 38.2 Å². The van der Waals surface area contributed by atoms with E-state index in [1.807, 2.05) is 32.9 Å². The fraction of sp³-hybridized carbons (Fsp3) is 0.571. The Bertz CT molecular complexity index is 999. The Morgan fingerprint density at radius 3 is 2.30 bits per heavy atom. The van der Waals surface area contributed by atoms with Crippen LogP contribution in [0.1, 0.15) is 33.6 Å². The zero-order valence-electron chi connectivity index (χ0n) is 18.3. The first kappa shape index (κ1) is 21.7. The zero-order valence-corrected chi connectivity index (χ0v) is 18.3. The van der Waals surface area contributed by atoms with E-state index in [1.165, 1.54) is 0 Å². The van der Waals surface area contributed by atoms with E-state index in [9.17, 15) is 14.4 Å². The van der Waals surface area contributed by atoms with Gasteiger partial charge in [-0.05, 0) is 45.7 Å². The number of carbonyl (C=O) groups excluding carboxylic acids is 2. The molecule has 2 N–H and O–H groups in total. The number of nitrogens with zero attached hydrogens (tertiary/aromatic N) is 3. The van der Waals surface area contributed by atoms with Crippen molar-refractivity contribution in [2.45, 2.75) is 39.7 Å². The van der Waals surface area contributed by atoms with Crippen LogP contribution in [0.5, 0.6) is 0 Å². The molecule has 164 valence electrons. The number of amides is 2. The van der Waals surface area contributed by atoms with Crippen molar-refractivity contribution in [1.82, 2.24) is 14.5 Å². The molecule has 0 bridgehead atoms. The molecule has 1 aromatic carbocycles. The molecule has 1 aliphatic heterocycles. The maximum Gasteiger partial charge on any atom is 0.328 e. The average molecular weight is 418 g/mol. The third-order valence-electron chi connectivity index (χ3n) is 5.51. The number of rotatable bonds is 5. The fourth-order valence-corrected chi connectivity index (χ4v) is 3.93. The predicted molar refractivity (Wildman–Crippen MR) is 117 cm³/mol. The summed E-state index contributed by atoms with van der Waals surface area (Å²) < 4.78 is 8.33. The molecular weight excluding hydrogens is 386 g/mol. The third-order valence-corrected chi connectivity index (χ3v) is 5.51. The molecule has 0 atom stereocenters. The number of anilines is 2. The summed E-state index contributed by atoms with van der Waals surface area (Å²) >= 11 is 0. The van der Waals surface area contributed by atoms with E-state index in [1.54, 1.807) is 23.2 Å². The summed E-state index contributed by atoms with van der Waals surface area (Å²) in [6.45, 7) is 7.31. The van der Waals surface area contributed by atoms with E-state index in [-0.39, 0.29) is 29.6 Å². The molecule has 0 spiro atoms. The maximum absolute atomic E-state index is 12.4. The second-order valence-electron chi connectivity index (χ2n) is 8.03. The number of aryl methyl sites for hydroxylation is 2. The summed E-state index contributed by atoms with van der Waals surface area (Å²) in [4.78, 5) is 39.0. The number of aromatic nitrogens is 2. The molecule has 2 amide bonds. The van der Waals surface area contributed by atoms with Gasteiger partial charge >= 0.3 is 17.7 Å². The van der Waals surface area contributed by atoms with E-state index >= 15 is 0 Å². The first-order valence-electron chi connectivity index (χ1n) is 10.4. The summed E-state index contributed by atoms with van der Waals surface area (Å²) in [5.74, 6) is -0.251. The summed E-state index contributed by atoms with van der Waals surface area (Å²) in [7, 11) is 3.45. The van der Waals surface area contributed by atoms with Gasteiger partial charge in [0.05, 0.1) is 34.9 Å². The molecule has 1 aliphatic rings. The van der Waals surface area contributed by atoms with E-state index < -0.39 is 0 Å². The zero-order chi connectivity index (χ0) is 22.0. The lowest BCUT2D eigenvalue weighted by atomic mass is 9.96.